The van der Waals surface area contributed by atoms with Crippen LogP contribution in [-0.4, -0.2) is 45.3 Å². The number of hydrogen-bond donors (Lipinski definition) is 0. The van der Waals surface area contributed by atoms with E-state index < -0.39 is 5.41 Å². The van der Waals surface area contributed by atoms with Crippen molar-refractivity contribution in [3.63, 3.8) is 0 Å². The van der Waals surface area contributed by atoms with Gasteiger partial charge in [-0.2, -0.15) is 0 Å². The SMILES string of the molecule is COCO[C@@H]1C[C@@](C)(CC=O)C(=O)[C@H](C)C23CC[C@@H](C)[C@]1(C)C2[C@H](OC)CC3. The highest BCUT2D eigenvalue weighted by molar-refractivity contribution is 5.89. The van der Waals surface area contributed by atoms with Gasteiger partial charge >= 0.3 is 0 Å². The number of ketones is 1. The zero-order valence-electron chi connectivity index (χ0n) is 18.5. The van der Waals surface area contributed by atoms with E-state index in [0.29, 0.717) is 12.3 Å². The summed E-state index contributed by atoms with van der Waals surface area (Å²) in [5, 5.41) is 0. The standard InChI is InChI=1S/C23H38O5/c1-15-7-9-23-10-8-17(27-6)19(23)22(15,4)18(28-14-26-5)13-21(3,11-12-24)20(25)16(23)2/h12,15-19H,7-11,13-14H2,1-6H3/t15-,16+,17-,18-,19?,21-,22+,23?/m1/s1. The maximum absolute atomic E-state index is 13.8. The quantitative estimate of drug-likeness (QED) is 0.503. The van der Waals surface area contributed by atoms with E-state index >= 15 is 0 Å². The van der Waals surface area contributed by atoms with Crippen molar-refractivity contribution in [2.75, 3.05) is 21.0 Å². The van der Waals surface area contributed by atoms with Crippen LogP contribution in [0.4, 0.5) is 0 Å². The van der Waals surface area contributed by atoms with E-state index in [1.807, 2.05) is 6.92 Å². The zero-order valence-corrected chi connectivity index (χ0v) is 18.5. The summed E-state index contributed by atoms with van der Waals surface area (Å²) in [6.45, 7) is 8.95. The normalized spacial score (nSPS) is 48.6. The third-order valence-corrected chi connectivity index (χ3v) is 9.06. The second-order valence-corrected chi connectivity index (χ2v) is 10.1. The molecular formula is C23H38O5. The first-order valence-corrected chi connectivity index (χ1v) is 10.8. The van der Waals surface area contributed by atoms with Crippen molar-refractivity contribution in [3.05, 3.63) is 0 Å². The van der Waals surface area contributed by atoms with Gasteiger partial charge in [0.2, 0.25) is 0 Å². The molecule has 5 nitrogen and oxygen atoms in total. The van der Waals surface area contributed by atoms with E-state index in [2.05, 4.69) is 20.8 Å². The summed E-state index contributed by atoms with van der Waals surface area (Å²) >= 11 is 0. The molecule has 2 bridgehead atoms. The second kappa shape index (κ2) is 7.81. The molecule has 28 heavy (non-hydrogen) atoms. The summed E-state index contributed by atoms with van der Waals surface area (Å²) in [5.41, 5.74) is -0.896. The summed E-state index contributed by atoms with van der Waals surface area (Å²) in [6, 6.07) is 0. The summed E-state index contributed by atoms with van der Waals surface area (Å²) in [5.74, 6) is 0.876. The number of carbonyl (C=O) groups excluding carboxylic acids is 2. The molecule has 160 valence electrons. The lowest BCUT2D eigenvalue weighted by Gasteiger charge is -2.62. The lowest BCUT2D eigenvalue weighted by Crippen LogP contribution is -2.63. The third kappa shape index (κ3) is 3.00. The molecule has 0 N–H and O–H groups in total. The predicted molar refractivity (Wildman–Crippen MR) is 107 cm³/mol. The van der Waals surface area contributed by atoms with Crippen LogP contribution >= 0.6 is 0 Å². The van der Waals surface area contributed by atoms with Crippen LogP contribution in [0.1, 0.15) is 66.2 Å². The fraction of sp³-hybridized carbons (Fsp3) is 0.913. The molecule has 0 aliphatic heterocycles. The van der Waals surface area contributed by atoms with Gasteiger partial charge in [-0.05, 0) is 49.4 Å². The Bertz CT molecular complexity index is 606. The summed E-state index contributed by atoms with van der Waals surface area (Å²) in [4.78, 5) is 25.3. The molecule has 0 aromatic carbocycles. The Morgan fingerprint density at radius 3 is 2.43 bits per heavy atom. The first-order valence-electron chi connectivity index (χ1n) is 10.8. The number of rotatable bonds is 6. The van der Waals surface area contributed by atoms with Crippen LogP contribution in [0, 0.1) is 34.0 Å². The van der Waals surface area contributed by atoms with Crippen LogP contribution in [0.5, 0.6) is 0 Å². The maximum atomic E-state index is 13.8. The number of methoxy groups -OCH3 is 2. The number of ether oxygens (including phenoxy) is 3. The lowest BCUT2D eigenvalue weighted by atomic mass is 9.44. The molecule has 8 atom stereocenters. The molecule has 3 saturated carbocycles. The third-order valence-electron chi connectivity index (χ3n) is 9.06. The number of carbonyl (C=O) groups is 2. The molecule has 0 amide bonds. The Hall–Kier alpha value is -0.780. The van der Waals surface area contributed by atoms with E-state index in [-0.39, 0.29) is 53.9 Å². The summed E-state index contributed by atoms with van der Waals surface area (Å²) in [7, 11) is 3.44. The van der Waals surface area contributed by atoms with Crippen LogP contribution in [0.25, 0.3) is 0 Å². The second-order valence-electron chi connectivity index (χ2n) is 10.1. The number of Topliss-reactive ketones (excluding diaryl/α,β-unsaturated/α-hetero) is 1. The molecule has 2 unspecified atom stereocenters. The average molecular weight is 395 g/mol. The molecule has 3 rings (SSSR count). The highest BCUT2D eigenvalue weighted by atomic mass is 16.7. The maximum Gasteiger partial charge on any atom is 0.146 e. The van der Waals surface area contributed by atoms with Crippen molar-refractivity contribution in [1.29, 1.82) is 0 Å². The van der Waals surface area contributed by atoms with Gasteiger partial charge < -0.3 is 19.0 Å². The topological polar surface area (TPSA) is 61.8 Å². The summed E-state index contributed by atoms with van der Waals surface area (Å²) < 4.78 is 17.6. The van der Waals surface area contributed by atoms with Crippen LogP contribution in [0.3, 0.4) is 0 Å². The van der Waals surface area contributed by atoms with Gasteiger partial charge in [0.15, 0.2) is 0 Å². The number of hydrogen-bond acceptors (Lipinski definition) is 5. The first kappa shape index (κ1) is 21.9. The highest BCUT2D eigenvalue weighted by Gasteiger charge is 2.68. The monoisotopic (exact) mass is 394 g/mol. The van der Waals surface area contributed by atoms with Gasteiger partial charge in [-0.15, -0.1) is 0 Å². The van der Waals surface area contributed by atoms with E-state index in [4.69, 9.17) is 14.2 Å². The zero-order chi connectivity index (χ0) is 20.7. The van der Waals surface area contributed by atoms with Crippen LogP contribution < -0.4 is 0 Å². The van der Waals surface area contributed by atoms with E-state index in [9.17, 15) is 9.59 Å². The van der Waals surface area contributed by atoms with Crippen LogP contribution in [0.2, 0.25) is 0 Å². The minimum absolute atomic E-state index is 0.0712. The van der Waals surface area contributed by atoms with Gasteiger partial charge in [0, 0.05) is 37.4 Å². The minimum atomic E-state index is -0.693. The summed E-state index contributed by atoms with van der Waals surface area (Å²) in [6.07, 6.45) is 5.86. The van der Waals surface area contributed by atoms with Gasteiger partial charge in [0.25, 0.3) is 0 Å². The minimum Gasteiger partial charge on any atom is -0.381 e. The Balaban J connectivity index is 2.18. The molecule has 3 fully saturated rings. The molecule has 3 aliphatic carbocycles. The number of aldehydes is 1. The van der Waals surface area contributed by atoms with Crippen molar-refractivity contribution in [3.8, 4) is 0 Å². The molecule has 0 spiro atoms. The smallest absolute Gasteiger partial charge is 0.146 e. The van der Waals surface area contributed by atoms with Crippen molar-refractivity contribution >= 4 is 12.1 Å². The highest BCUT2D eigenvalue weighted by Crippen LogP contribution is 2.68. The average Bonchev–Trinajstić information content (AvgIpc) is 3.07. The molecular weight excluding hydrogens is 356 g/mol. The molecule has 3 aliphatic rings. The molecule has 5 heteroatoms. The fourth-order valence-electron chi connectivity index (χ4n) is 7.25. The molecule has 0 heterocycles. The molecule has 0 saturated heterocycles. The van der Waals surface area contributed by atoms with Gasteiger partial charge in [0.1, 0.15) is 18.9 Å². The van der Waals surface area contributed by atoms with E-state index in [1.165, 1.54) is 0 Å². The first-order chi connectivity index (χ1) is 13.2. The van der Waals surface area contributed by atoms with Gasteiger partial charge in [-0.3, -0.25) is 4.79 Å². The van der Waals surface area contributed by atoms with Crippen molar-refractivity contribution in [1.82, 2.24) is 0 Å². The van der Waals surface area contributed by atoms with Crippen LogP contribution in [0.15, 0.2) is 0 Å². The largest absolute Gasteiger partial charge is 0.381 e. The van der Waals surface area contributed by atoms with Gasteiger partial charge in [-0.25, -0.2) is 0 Å². The Morgan fingerprint density at radius 2 is 1.82 bits per heavy atom. The van der Waals surface area contributed by atoms with Crippen molar-refractivity contribution in [2.45, 2.75) is 78.4 Å². The predicted octanol–water partition coefficient (Wildman–Crippen LogP) is 4.03. The Morgan fingerprint density at radius 1 is 1.14 bits per heavy atom. The van der Waals surface area contributed by atoms with Gasteiger partial charge in [0.05, 0.1) is 12.2 Å². The molecule has 0 radical (unpaired) electrons. The molecule has 0 aromatic heterocycles. The fourth-order valence-corrected chi connectivity index (χ4v) is 7.25. The van der Waals surface area contributed by atoms with E-state index in [1.54, 1.807) is 14.2 Å². The Kier molecular flexibility index (Phi) is 6.11. The Labute approximate surface area is 169 Å². The van der Waals surface area contributed by atoms with Gasteiger partial charge in [-0.1, -0.05) is 27.7 Å². The van der Waals surface area contributed by atoms with Crippen LogP contribution in [-0.2, 0) is 23.8 Å². The lowest BCUT2D eigenvalue weighted by molar-refractivity contribution is -0.219. The van der Waals surface area contributed by atoms with E-state index in [0.717, 1.165) is 32.0 Å². The van der Waals surface area contributed by atoms with Crippen molar-refractivity contribution < 1.29 is 23.8 Å². The molecule has 0 aromatic rings. The van der Waals surface area contributed by atoms with Crippen molar-refractivity contribution in [2.24, 2.45) is 34.0 Å².